The molecule has 0 amide bonds. The highest BCUT2D eigenvalue weighted by Crippen LogP contribution is 2.26. The summed E-state index contributed by atoms with van der Waals surface area (Å²) in [6.07, 6.45) is 1.67. The van der Waals surface area contributed by atoms with E-state index in [1.807, 2.05) is 12.1 Å². The number of hydrogen-bond acceptors (Lipinski definition) is 5. The van der Waals surface area contributed by atoms with E-state index in [0.717, 1.165) is 5.56 Å². The summed E-state index contributed by atoms with van der Waals surface area (Å²) >= 11 is 1.76. The molecule has 6 heteroatoms. The molecule has 0 radical (unpaired) electrons. The summed E-state index contributed by atoms with van der Waals surface area (Å²) < 4.78 is 0. The molecule has 0 aromatic carbocycles. The van der Waals surface area contributed by atoms with Crippen molar-refractivity contribution in [2.45, 2.75) is 26.4 Å². The Morgan fingerprint density at radius 2 is 2.29 bits per heavy atom. The molecule has 2 aromatic rings. The Labute approximate surface area is 128 Å². The first-order valence-electron chi connectivity index (χ1n) is 6.81. The SMILES string of the molecule is CC(C)C(NCc1ccnc(C(N)=NO)c1)c1cccs1. The molecule has 21 heavy (non-hydrogen) atoms. The highest BCUT2D eigenvalue weighted by atomic mass is 32.1. The van der Waals surface area contributed by atoms with Crippen molar-refractivity contribution in [3.63, 3.8) is 0 Å². The third-order valence-corrected chi connectivity index (χ3v) is 4.19. The molecule has 0 spiro atoms. The smallest absolute Gasteiger partial charge is 0.188 e. The summed E-state index contributed by atoms with van der Waals surface area (Å²) in [4.78, 5) is 5.41. The second kappa shape index (κ2) is 7.19. The van der Waals surface area contributed by atoms with E-state index < -0.39 is 0 Å². The van der Waals surface area contributed by atoms with Gasteiger partial charge < -0.3 is 16.3 Å². The van der Waals surface area contributed by atoms with Crippen molar-refractivity contribution in [2.24, 2.45) is 16.8 Å². The molecule has 0 aliphatic rings. The Morgan fingerprint density at radius 1 is 1.48 bits per heavy atom. The van der Waals surface area contributed by atoms with Crippen molar-refractivity contribution in [1.29, 1.82) is 0 Å². The average molecular weight is 304 g/mol. The minimum atomic E-state index is 0.0236. The van der Waals surface area contributed by atoms with Crippen LogP contribution in [0.25, 0.3) is 0 Å². The van der Waals surface area contributed by atoms with Gasteiger partial charge in [-0.05, 0) is 35.1 Å². The van der Waals surface area contributed by atoms with Gasteiger partial charge in [-0.1, -0.05) is 25.1 Å². The van der Waals surface area contributed by atoms with Gasteiger partial charge in [-0.15, -0.1) is 11.3 Å². The Kier molecular flexibility index (Phi) is 5.30. The lowest BCUT2D eigenvalue weighted by molar-refractivity contribution is 0.318. The summed E-state index contributed by atoms with van der Waals surface area (Å²) in [7, 11) is 0. The Hall–Kier alpha value is -1.92. The maximum Gasteiger partial charge on any atom is 0.188 e. The molecule has 2 rings (SSSR count). The van der Waals surface area contributed by atoms with E-state index >= 15 is 0 Å². The zero-order valence-corrected chi connectivity index (χ0v) is 13.0. The zero-order chi connectivity index (χ0) is 15.2. The summed E-state index contributed by atoms with van der Waals surface area (Å²) in [5.74, 6) is 0.518. The average Bonchev–Trinajstić information content (AvgIpc) is 3.00. The molecule has 0 aliphatic carbocycles. The molecule has 0 bridgehead atoms. The van der Waals surface area contributed by atoms with Crippen LogP contribution in [0, 0.1) is 5.92 Å². The predicted molar refractivity (Wildman–Crippen MR) is 85.5 cm³/mol. The number of nitrogens with two attached hydrogens (primary N) is 1. The standard InChI is InChI=1S/C15H20N4OS/c1-10(2)14(13-4-3-7-21-13)18-9-11-5-6-17-12(8-11)15(16)19-20/h3-8,10,14,18,20H,9H2,1-2H3,(H2,16,19). The van der Waals surface area contributed by atoms with E-state index in [0.29, 0.717) is 24.2 Å². The largest absolute Gasteiger partial charge is 0.409 e. The molecule has 2 aromatic heterocycles. The fourth-order valence-corrected chi connectivity index (χ4v) is 3.11. The number of aromatic nitrogens is 1. The highest BCUT2D eigenvalue weighted by Gasteiger charge is 2.16. The van der Waals surface area contributed by atoms with Crippen LogP contribution in [0.1, 0.15) is 36.0 Å². The van der Waals surface area contributed by atoms with Gasteiger partial charge in [0.25, 0.3) is 0 Å². The number of oxime groups is 1. The summed E-state index contributed by atoms with van der Waals surface area (Å²) in [6.45, 7) is 5.10. The number of hydrogen-bond donors (Lipinski definition) is 3. The van der Waals surface area contributed by atoms with Crippen molar-refractivity contribution in [3.8, 4) is 0 Å². The van der Waals surface area contributed by atoms with E-state index in [1.54, 1.807) is 17.5 Å². The summed E-state index contributed by atoms with van der Waals surface area (Å²) in [5, 5.41) is 17.3. The molecule has 0 fully saturated rings. The molecular weight excluding hydrogens is 284 g/mol. The topological polar surface area (TPSA) is 83.5 Å². The van der Waals surface area contributed by atoms with Gasteiger partial charge in [0.1, 0.15) is 5.69 Å². The van der Waals surface area contributed by atoms with Crippen molar-refractivity contribution >= 4 is 17.2 Å². The van der Waals surface area contributed by atoms with Crippen molar-refractivity contribution in [2.75, 3.05) is 0 Å². The molecule has 5 nitrogen and oxygen atoms in total. The molecule has 1 unspecified atom stereocenters. The lowest BCUT2D eigenvalue weighted by atomic mass is 10.0. The number of rotatable bonds is 6. The third-order valence-electron chi connectivity index (χ3n) is 3.24. The summed E-state index contributed by atoms with van der Waals surface area (Å²) in [6, 6.07) is 8.28. The maximum absolute atomic E-state index is 8.70. The molecule has 2 heterocycles. The van der Waals surface area contributed by atoms with Crippen LogP contribution >= 0.6 is 11.3 Å². The molecule has 0 saturated heterocycles. The maximum atomic E-state index is 8.70. The van der Waals surface area contributed by atoms with Crippen molar-refractivity contribution in [3.05, 3.63) is 52.0 Å². The van der Waals surface area contributed by atoms with Crippen LogP contribution in [-0.2, 0) is 6.54 Å². The molecule has 4 N–H and O–H groups in total. The lowest BCUT2D eigenvalue weighted by Gasteiger charge is -2.21. The quantitative estimate of drug-likeness (QED) is 0.331. The number of nitrogens with zero attached hydrogens (tertiary/aromatic N) is 2. The third kappa shape index (κ3) is 4.03. The second-order valence-electron chi connectivity index (χ2n) is 5.15. The van der Waals surface area contributed by atoms with E-state index in [2.05, 4.69) is 46.8 Å². The van der Waals surface area contributed by atoms with E-state index in [4.69, 9.17) is 10.9 Å². The van der Waals surface area contributed by atoms with Gasteiger partial charge in [0.05, 0.1) is 0 Å². The van der Waals surface area contributed by atoms with Gasteiger partial charge in [0, 0.05) is 23.7 Å². The zero-order valence-electron chi connectivity index (χ0n) is 12.2. The Bertz CT molecular complexity index is 595. The van der Waals surface area contributed by atoms with E-state index in [1.165, 1.54) is 4.88 Å². The Balaban J connectivity index is 2.08. The second-order valence-corrected chi connectivity index (χ2v) is 6.13. The van der Waals surface area contributed by atoms with Gasteiger partial charge in [0.15, 0.2) is 5.84 Å². The van der Waals surface area contributed by atoms with Crippen LogP contribution in [0.15, 0.2) is 41.0 Å². The first-order valence-corrected chi connectivity index (χ1v) is 7.69. The fourth-order valence-electron chi connectivity index (χ4n) is 2.14. The molecule has 112 valence electrons. The van der Waals surface area contributed by atoms with Gasteiger partial charge in [0.2, 0.25) is 0 Å². The minimum Gasteiger partial charge on any atom is -0.409 e. The summed E-state index contributed by atoms with van der Waals surface area (Å²) in [5.41, 5.74) is 7.09. The van der Waals surface area contributed by atoms with Crippen molar-refractivity contribution < 1.29 is 5.21 Å². The van der Waals surface area contributed by atoms with Crippen LogP contribution in [0.3, 0.4) is 0 Å². The Morgan fingerprint density at radius 3 is 2.90 bits per heavy atom. The van der Waals surface area contributed by atoms with E-state index in [9.17, 15) is 0 Å². The van der Waals surface area contributed by atoms with Gasteiger partial charge >= 0.3 is 0 Å². The van der Waals surface area contributed by atoms with Crippen molar-refractivity contribution in [1.82, 2.24) is 10.3 Å². The minimum absolute atomic E-state index is 0.0236. The first kappa shape index (κ1) is 15.5. The van der Waals surface area contributed by atoms with Crippen LogP contribution in [0.4, 0.5) is 0 Å². The van der Waals surface area contributed by atoms with Gasteiger partial charge in [-0.2, -0.15) is 0 Å². The molecule has 1 atom stereocenters. The van der Waals surface area contributed by atoms with Gasteiger partial charge in [-0.25, -0.2) is 0 Å². The van der Waals surface area contributed by atoms with Gasteiger partial charge in [-0.3, -0.25) is 4.98 Å². The molecule has 0 saturated carbocycles. The number of amidine groups is 1. The number of thiophene rings is 1. The number of pyridine rings is 1. The number of nitrogens with one attached hydrogen (secondary N) is 1. The monoisotopic (exact) mass is 304 g/mol. The predicted octanol–water partition coefficient (Wildman–Crippen LogP) is 2.72. The highest BCUT2D eigenvalue weighted by molar-refractivity contribution is 7.10. The van der Waals surface area contributed by atoms with Crippen LogP contribution in [0.5, 0.6) is 0 Å². The van der Waals surface area contributed by atoms with Crippen LogP contribution < -0.4 is 11.1 Å². The lowest BCUT2D eigenvalue weighted by Crippen LogP contribution is -2.25. The van der Waals surface area contributed by atoms with E-state index in [-0.39, 0.29) is 5.84 Å². The van der Waals surface area contributed by atoms with Crippen LogP contribution in [-0.4, -0.2) is 16.0 Å². The van der Waals surface area contributed by atoms with Crippen LogP contribution in [0.2, 0.25) is 0 Å². The normalized spacial score (nSPS) is 13.6. The molecule has 0 aliphatic heterocycles. The first-order chi connectivity index (χ1) is 10.1. The molecular formula is C15H20N4OS. The fraction of sp³-hybridized carbons (Fsp3) is 0.333.